The molecule has 120 valence electrons. The average Bonchev–Trinajstić information content (AvgIpc) is 2.52. The maximum absolute atomic E-state index is 12.6. The summed E-state index contributed by atoms with van der Waals surface area (Å²) in [5.41, 5.74) is 0.0775. The van der Waals surface area contributed by atoms with E-state index in [1.165, 1.54) is 13.2 Å². The fraction of sp³-hybridized carbons (Fsp3) is 0.200. The van der Waals surface area contributed by atoms with Crippen molar-refractivity contribution in [2.24, 2.45) is 0 Å². The molecule has 2 rings (SSSR count). The summed E-state index contributed by atoms with van der Waals surface area (Å²) in [4.78, 5) is 37.3. The lowest BCUT2D eigenvalue weighted by Gasteiger charge is -2.20. The number of aromatic amines is 1. The summed E-state index contributed by atoms with van der Waals surface area (Å²) in [6.07, 6.45) is 0. The fourth-order valence-corrected chi connectivity index (χ4v) is 2.00. The van der Waals surface area contributed by atoms with Crippen LogP contribution < -0.4 is 10.3 Å². The van der Waals surface area contributed by atoms with Crippen LogP contribution in [0.2, 0.25) is 5.02 Å². The highest BCUT2D eigenvalue weighted by Gasteiger charge is 2.24. The fourth-order valence-electron chi connectivity index (χ4n) is 1.87. The Hall–Kier alpha value is -2.67. The van der Waals surface area contributed by atoms with Gasteiger partial charge in [-0.15, -0.1) is 0 Å². The second-order valence-corrected chi connectivity index (χ2v) is 5.14. The zero-order valence-electron chi connectivity index (χ0n) is 12.5. The smallest absolute Gasteiger partial charge is 0.325 e. The number of anilines is 1. The zero-order chi connectivity index (χ0) is 17.0. The minimum atomic E-state index is -0.709. The van der Waals surface area contributed by atoms with Gasteiger partial charge in [0.1, 0.15) is 6.54 Å². The van der Waals surface area contributed by atoms with E-state index in [-0.39, 0.29) is 12.2 Å². The minimum absolute atomic E-state index is 0.311. The number of nitrogens with zero attached hydrogens (tertiary/aromatic N) is 2. The highest BCUT2D eigenvalue weighted by atomic mass is 35.5. The summed E-state index contributed by atoms with van der Waals surface area (Å²) in [5.74, 6) is -1.34. The molecule has 0 aliphatic carbocycles. The number of nitrogens with one attached hydrogen (secondary N) is 1. The Morgan fingerprint density at radius 2 is 1.96 bits per heavy atom. The standard InChI is InChI=1S/C15H14ClN3O4/c1-9-7-12(20)14(18-17-9)15(22)19(8-13(21)23-2)11-5-3-10(16)4-6-11/h3-7H,8H2,1-2H3,(H,17,20). The summed E-state index contributed by atoms with van der Waals surface area (Å²) in [5, 5.41) is 6.81. The molecule has 0 bridgehead atoms. The number of halogens is 1. The predicted octanol–water partition coefficient (Wildman–Crippen LogP) is 1.55. The van der Waals surface area contributed by atoms with E-state index in [2.05, 4.69) is 14.9 Å². The lowest BCUT2D eigenvalue weighted by molar-refractivity contribution is -0.138. The molecule has 7 nitrogen and oxygen atoms in total. The summed E-state index contributed by atoms with van der Waals surface area (Å²) < 4.78 is 4.60. The Balaban J connectivity index is 2.43. The highest BCUT2D eigenvalue weighted by molar-refractivity contribution is 6.30. The Morgan fingerprint density at radius 3 is 2.52 bits per heavy atom. The van der Waals surface area contributed by atoms with Crippen LogP contribution >= 0.6 is 11.6 Å². The Kier molecular flexibility index (Phi) is 5.13. The van der Waals surface area contributed by atoms with E-state index in [0.717, 1.165) is 4.90 Å². The molecule has 0 aliphatic heterocycles. The first-order valence-corrected chi connectivity index (χ1v) is 7.00. The highest BCUT2D eigenvalue weighted by Crippen LogP contribution is 2.19. The molecule has 1 heterocycles. The first kappa shape index (κ1) is 16.7. The van der Waals surface area contributed by atoms with Crippen molar-refractivity contribution in [2.45, 2.75) is 6.92 Å². The van der Waals surface area contributed by atoms with E-state index in [0.29, 0.717) is 16.4 Å². The molecular weight excluding hydrogens is 322 g/mol. The van der Waals surface area contributed by atoms with Gasteiger partial charge in [0.15, 0.2) is 5.69 Å². The summed E-state index contributed by atoms with van der Waals surface area (Å²) in [6, 6.07) is 7.53. The number of benzene rings is 1. The molecule has 2 aromatic rings. The molecule has 1 aromatic heterocycles. The number of ether oxygens (including phenoxy) is 1. The molecule has 0 atom stereocenters. The number of aryl methyl sites for hydroxylation is 1. The molecule has 23 heavy (non-hydrogen) atoms. The molecule has 0 aliphatic rings. The monoisotopic (exact) mass is 335 g/mol. The van der Waals surface area contributed by atoms with Crippen LogP contribution in [0.25, 0.3) is 0 Å². The maximum atomic E-state index is 12.6. The lowest BCUT2D eigenvalue weighted by Crippen LogP contribution is -2.39. The van der Waals surface area contributed by atoms with Crippen molar-refractivity contribution in [3.63, 3.8) is 0 Å². The van der Waals surface area contributed by atoms with E-state index in [9.17, 15) is 14.4 Å². The summed E-state index contributed by atoms with van der Waals surface area (Å²) in [7, 11) is 1.21. The van der Waals surface area contributed by atoms with Crippen LogP contribution in [0.15, 0.2) is 35.1 Å². The van der Waals surface area contributed by atoms with E-state index in [4.69, 9.17) is 11.6 Å². The van der Waals surface area contributed by atoms with Crippen LogP contribution in [0.1, 0.15) is 16.2 Å². The van der Waals surface area contributed by atoms with Crippen LogP contribution in [-0.4, -0.2) is 35.7 Å². The van der Waals surface area contributed by atoms with Crippen LogP contribution in [0.5, 0.6) is 0 Å². The van der Waals surface area contributed by atoms with Crippen molar-refractivity contribution in [1.29, 1.82) is 0 Å². The van der Waals surface area contributed by atoms with Crippen molar-refractivity contribution in [3.8, 4) is 0 Å². The van der Waals surface area contributed by atoms with Gasteiger partial charge >= 0.3 is 5.97 Å². The van der Waals surface area contributed by atoms with Gasteiger partial charge in [-0.05, 0) is 31.2 Å². The van der Waals surface area contributed by atoms with Crippen molar-refractivity contribution in [3.05, 3.63) is 57.0 Å². The first-order chi connectivity index (χ1) is 10.9. The molecule has 0 saturated carbocycles. The SMILES string of the molecule is COC(=O)CN(C(=O)c1n[nH]c(C)cc1=O)c1ccc(Cl)cc1. The second kappa shape index (κ2) is 7.06. The number of methoxy groups -OCH3 is 1. The molecule has 1 amide bonds. The number of hydrogen-bond donors (Lipinski definition) is 1. The Labute approximate surface area is 136 Å². The van der Waals surface area contributed by atoms with E-state index >= 15 is 0 Å². The van der Waals surface area contributed by atoms with Gasteiger partial charge < -0.3 is 4.74 Å². The average molecular weight is 336 g/mol. The van der Waals surface area contributed by atoms with Gasteiger partial charge in [-0.25, -0.2) is 0 Å². The normalized spacial score (nSPS) is 10.2. The third-order valence-electron chi connectivity index (χ3n) is 3.03. The molecule has 0 spiro atoms. The maximum Gasteiger partial charge on any atom is 0.325 e. The first-order valence-electron chi connectivity index (χ1n) is 6.63. The van der Waals surface area contributed by atoms with Crippen molar-refractivity contribution in [2.75, 3.05) is 18.6 Å². The van der Waals surface area contributed by atoms with Crippen LogP contribution in [0.3, 0.4) is 0 Å². The summed E-state index contributed by atoms with van der Waals surface area (Å²) >= 11 is 5.83. The third kappa shape index (κ3) is 3.95. The van der Waals surface area contributed by atoms with Crippen LogP contribution in [0.4, 0.5) is 5.69 Å². The van der Waals surface area contributed by atoms with Crippen LogP contribution in [0, 0.1) is 6.92 Å². The van der Waals surface area contributed by atoms with Crippen molar-refractivity contribution >= 4 is 29.2 Å². The van der Waals surface area contributed by atoms with E-state index in [1.54, 1.807) is 31.2 Å². The molecule has 8 heteroatoms. The molecule has 0 saturated heterocycles. The summed E-state index contributed by atoms with van der Waals surface area (Å²) in [6.45, 7) is 1.29. The van der Waals surface area contributed by atoms with E-state index in [1.807, 2.05) is 0 Å². The van der Waals surface area contributed by atoms with Gasteiger partial charge in [0.2, 0.25) is 5.43 Å². The van der Waals surface area contributed by atoms with Gasteiger partial charge in [-0.2, -0.15) is 5.10 Å². The predicted molar refractivity (Wildman–Crippen MR) is 84.7 cm³/mol. The minimum Gasteiger partial charge on any atom is -0.468 e. The molecule has 0 radical (unpaired) electrons. The van der Waals surface area contributed by atoms with E-state index < -0.39 is 17.3 Å². The number of rotatable bonds is 4. The topological polar surface area (TPSA) is 92.4 Å². The third-order valence-corrected chi connectivity index (χ3v) is 3.28. The molecule has 0 unspecified atom stereocenters. The molecule has 1 N–H and O–H groups in total. The Morgan fingerprint density at radius 1 is 1.30 bits per heavy atom. The number of esters is 1. The number of hydrogen-bond acceptors (Lipinski definition) is 5. The number of carbonyl (C=O) groups excluding carboxylic acids is 2. The van der Waals surface area contributed by atoms with Gasteiger partial charge in [0.05, 0.1) is 7.11 Å². The second-order valence-electron chi connectivity index (χ2n) is 4.71. The lowest BCUT2D eigenvalue weighted by atomic mass is 10.2. The van der Waals surface area contributed by atoms with Crippen LogP contribution in [-0.2, 0) is 9.53 Å². The van der Waals surface area contributed by atoms with Gasteiger partial charge in [0, 0.05) is 22.5 Å². The number of H-pyrrole nitrogens is 1. The van der Waals surface area contributed by atoms with Crippen molar-refractivity contribution in [1.82, 2.24) is 10.2 Å². The van der Waals surface area contributed by atoms with Gasteiger partial charge in [-0.3, -0.25) is 24.4 Å². The zero-order valence-corrected chi connectivity index (χ0v) is 13.3. The number of amides is 1. The Bertz CT molecular complexity index is 786. The van der Waals surface area contributed by atoms with Gasteiger partial charge in [-0.1, -0.05) is 11.6 Å². The quantitative estimate of drug-likeness (QED) is 0.856. The van der Waals surface area contributed by atoms with Crippen molar-refractivity contribution < 1.29 is 14.3 Å². The number of aromatic nitrogens is 2. The number of carbonyl (C=O) groups is 2. The molecular formula is C15H14ClN3O4. The molecule has 1 aromatic carbocycles. The largest absolute Gasteiger partial charge is 0.468 e. The van der Waals surface area contributed by atoms with Gasteiger partial charge in [0.25, 0.3) is 5.91 Å². The molecule has 0 fully saturated rings.